The molecule has 4 aromatic rings. The fourth-order valence-corrected chi connectivity index (χ4v) is 3.97. The number of anilines is 2. The van der Waals surface area contributed by atoms with Crippen LogP contribution in [-0.2, 0) is 4.79 Å². The van der Waals surface area contributed by atoms with Crippen molar-refractivity contribution in [2.75, 3.05) is 12.4 Å². The molecule has 0 bridgehead atoms. The van der Waals surface area contributed by atoms with Gasteiger partial charge in [0.05, 0.1) is 35.5 Å². The maximum Gasteiger partial charge on any atom is 0.245 e. The Bertz CT molecular complexity index is 1510. The molecule has 186 valence electrons. The van der Waals surface area contributed by atoms with Crippen LogP contribution >= 0.6 is 11.6 Å². The van der Waals surface area contributed by atoms with E-state index in [0.717, 1.165) is 15.9 Å². The number of primary amides is 1. The average Bonchev–Trinajstić information content (AvgIpc) is 3.26. The largest absolute Gasteiger partial charge is 0.494 e. The molecule has 0 saturated heterocycles. The first-order chi connectivity index (χ1) is 17.1. The van der Waals surface area contributed by atoms with Crippen molar-refractivity contribution in [3.8, 4) is 11.4 Å². The summed E-state index contributed by atoms with van der Waals surface area (Å²) in [6.07, 6.45) is 4.69. The highest BCUT2D eigenvalue weighted by molar-refractivity contribution is 6.30. The van der Waals surface area contributed by atoms with Gasteiger partial charge in [-0.05, 0) is 42.8 Å². The van der Waals surface area contributed by atoms with Gasteiger partial charge in [-0.3, -0.25) is 10.2 Å². The van der Waals surface area contributed by atoms with Gasteiger partial charge in [0.25, 0.3) is 0 Å². The topological polar surface area (TPSA) is 111 Å². The lowest BCUT2D eigenvalue weighted by molar-refractivity contribution is -0.120. The van der Waals surface area contributed by atoms with Crippen LogP contribution in [0.25, 0.3) is 5.69 Å². The van der Waals surface area contributed by atoms with Crippen LogP contribution in [0.5, 0.6) is 5.75 Å². The number of rotatable bonds is 7. The molecule has 2 aromatic carbocycles. The van der Waals surface area contributed by atoms with Gasteiger partial charge in [0, 0.05) is 24.1 Å². The first-order valence-corrected chi connectivity index (χ1v) is 10.8. The van der Waals surface area contributed by atoms with E-state index in [4.69, 9.17) is 27.5 Å². The first-order valence-electron chi connectivity index (χ1n) is 10.4. The number of ether oxygens (including phenoxy) is 1. The van der Waals surface area contributed by atoms with Crippen molar-refractivity contribution < 1.29 is 22.7 Å². The number of carbonyl (C=O) groups is 1. The van der Waals surface area contributed by atoms with Crippen molar-refractivity contribution in [3.05, 3.63) is 94.3 Å². The molecule has 0 fully saturated rings. The number of pyridine rings is 1. The monoisotopic (exact) mass is 516 g/mol. The highest BCUT2D eigenvalue weighted by atomic mass is 35.5. The molecule has 2 heterocycles. The van der Waals surface area contributed by atoms with Gasteiger partial charge in [-0.1, -0.05) is 11.6 Å². The third-order valence-electron chi connectivity index (χ3n) is 5.38. The lowest BCUT2D eigenvalue weighted by atomic mass is 10.0. The van der Waals surface area contributed by atoms with Crippen LogP contribution in [0.1, 0.15) is 17.3 Å². The molecule has 4 rings (SSSR count). The van der Waals surface area contributed by atoms with E-state index in [1.165, 1.54) is 19.4 Å². The Labute approximate surface area is 208 Å². The Hall–Kier alpha value is -4.25. The van der Waals surface area contributed by atoms with Crippen molar-refractivity contribution in [2.45, 2.75) is 13.0 Å². The van der Waals surface area contributed by atoms with Crippen molar-refractivity contribution in [3.63, 3.8) is 0 Å². The van der Waals surface area contributed by atoms with Crippen LogP contribution < -0.4 is 21.3 Å². The number of aromatic nitrogens is 3. The van der Waals surface area contributed by atoms with Crippen molar-refractivity contribution in [2.24, 2.45) is 5.73 Å². The second kappa shape index (κ2) is 9.78. The number of hydrogen-bond acceptors (Lipinski definition) is 5. The predicted molar refractivity (Wildman–Crippen MR) is 127 cm³/mol. The Morgan fingerprint density at radius 3 is 2.44 bits per heavy atom. The average molecular weight is 517 g/mol. The van der Waals surface area contributed by atoms with E-state index in [2.05, 4.69) is 10.3 Å². The molecule has 0 spiro atoms. The van der Waals surface area contributed by atoms with E-state index >= 15 is 0 Å². The number of nitrogens with zero attached hydrogens (tertiary/aromatic N) is 3. The molecule has 0 radical (unpaired) electrons. The third kappa shape index (κ3) is 4.78. The number of nitrogens with one attached hydrogen (secondary N) is 2. The van der Waals surface area contributed by atoms with Gasteiger partial charge in [0.1, 0.15) is 17.3 Å². The van der Waals surface area contributed by atoms with E-state index in [1.54, 1.807) is 29.1 Å². The predicted octanol–water partition coefficient (Wildman–Crippen LogP) is 4.36. The number of imidazole rings is 1. The minimum Gasteiger partial charge on any atom is -0.494 e. The van der Waals surface area contributed by atoms with Crippen molar-refractivity contribution in [1.29, 1.82) is 5.41 Å². The van der Waals surface area contributed by atoms with Crippen molar-refractivity contribution >= 4 is 28.9 Å². The Morgan fingerprint density at radius 1 is 1.17 bits per heavy atom. The first kappa shape index (κ1) is 24.9. The maximum absolute atomic E-state index is 13.9. The highest BCUT2D eigenvalue weighted by Crippen LogP contribution is 2.29. The highest BCUT2D eigenvalue weighted by Gasteiger charge is 2.25. The molecule has 12 heteroatoms. The van der Waals surface area contributed by atoms with Crippen molar-refractivity contribution in [1.82, 2.24) is 14.1 Å². The van der Waals surface area contributed by atoms with Gasteiger partial charge in [-0.25, -0.2) is 18.2 Å². The zero-order chi connectivity index (χ0) is 26.1. The van der Waals surface area contributed by atoms with Crippen LogP contribution in [0.15, 0.2) is 55.1 Å². The minimum absolute atomic E-state index is 0.0975. The van der Waals surface area contributed by atoms with E-state index in [1.807, 2.05) is 13.1 Å². The van der Waals surface area contributed by atoms with Crippen LogP contribution in [0, 0.1) is 29.8 Å². The van der Waals surface area contributed by atoms with Gasteiger partial charge < -0.3 is 24.9 Å². The SMILES string of the molecule is COc1cc(Nc2cc(Cl)cn(C(C(N)=O)c3cc(F)c(F)c(F)c3)c2=N)ccc1-n1cnc(C)c1. The normalized spacial score (nSPS) is 11.8. The summed E-state index contributed by atoms with van der Waals surface area (Å²) in [5.41, 5.74) is 7.17. The lowest BCUT2D eigenvalue weighted by Gasteiger charge is -2.21. The summed E-state index contributed by atoms with van der Waals surface area (Å²) in [6, 6.07) is 6.39. The summed E-state index contributed by atoms with van der Waals surface area (Å²) in [5.74, 6) is -5.21. The second-order valence-electron chi connectivity index (χ2n) is 7.87. The molecule has 1 atom stereocenters. The number of nitrogens with two attached hydrogens (primary N) is 1. The molecule has 0 saturated carbocycles. The van der Waals surface area contributed by atoms with Crippen LogP contribution in [0.4, 0.5) is 24.5 Å². The third-order valence-corrected chi connectivity index (χ3v) is 5.58. The molecule has 8 nitrogen and oxygen atoms in total. The Balaban J connectivity index is 1.76. The number of aryl methyl sites for hydroxylation is 1. The molecule has 0 aliphatic rings. The number of hydrogen-bond donors (Lipinski definition) is 3. The number of benzene rings is 2. The summed E-state index contributed by atoms with van der Waals surface area (Å²) >= 11 is 6.24. The lowest BCUT2D eigenvalue weighted by Crippen LogP contribution is -2.35. The number of halogens is 4. The molecule has 36 heavy (non-hydrogen) atoms. The minimum atomic E-state index is -1.69. The maximum atomic E-state index is 13.9. The van der Waals surface area contributed by atoms with E-state index in [0.29, 0.717) is 23.6 Å². The summed E-state index contributed by atoms with van der Waals surface area (Å²) in [6.45, 7) is 1.86. The summed E-state index contributed by atoms with van der Waals surface area (Å²) in [5, 5.41) is 11.8. The summed E-state index contributed by atoms with van der Waals surface area (Å²) in [4.78, 5) is 16.5. The fourth-order valence-electron chi connectivity index (χ4n) is 3.75. The quantitative estimate of drug-likeness (QED) is 0.317. The van der Waals surface area contributed by atoms with E-state index in [9.17, 15) is 18.0 Å². The molecule has 2 aromatic heterocycles. The molecule has 1 amide bonds. The van der Waals surface area contributed by atoms with Gasteiger partial charge >= 0.3 is 0 Å². The molecule has 0 aliphatic heterocycles. The van der Waals surface area contributed by atoms with Gasteiger partial charge in [0.2, 0.25) is 5.91 Å². The molecule has 0 aliphatic carbocycles. The summed E-state index contributed by atoms with van der Waals surface area (Å²) < 4.78 is 49.5. The van der Waals surface area contributed by atoms with E-state index in [-0.39, 0.29) is 21.8 Å². The van der Waals surface area contributed by atoms with E-state index < -0.39 is 29.4 Å². The standard InChI is InChI=1S/C24H20ClF3N6O2/c1-12-9-33(11-31-12)19-4-3-15(8-20(19)36-2)32-18-7-14(25)10-34(23(18)29)22(24(30)35)13-5-16(26)21(28)17(27)6-13/h3-11,22,29,32H,1-2H3,(H2,30,35). The molecule has 1 unspecified atom stereocenters. The van der Waals surface area contributed by atoms with Gasteiger partial charge in [0.15, 0.2) is 17.5 Å². The zero-order valence-corrected chi connectivity index (χ0v) is 19.8. The van der Waals surface area contributed by atoms with Crippen LogP contribution in [-0.4, -0.2) is 27.1 Å². The molecular weight excluding hydrogens is 497 g/mol. The summed E-state index contributed by atoms with van der Waals surface area (Å²) in [7, 11) is 1.51. The number of amides is 1. The fraction of sp³-hybridized carbons (Fsp3) is 0.125. The Kier molecular flexibility index (Phi) is 6.75. The van der Waals surface area contributed by atoms with Gasteiger partial charge in [-0.2, -0.15) is 0 Å². The Morgan fingerprint density at radius 2 is 1.86 bits per heavy atom. The number of methoxy groups -OCH3 is 1. The number of carbonyl (C=O) groups excluding carboxylic acids is 1. The molecular formula is C24H20ClF3N6O2. The van der Waals surface area contributed by atoms with Crippen LogP contribution in [0.3, 0.4) is 0 Å². The smallest absolute Gasteiger partial charge is 0.245 e. The van der Waals surface area contributed by atoms with Crippen LogP contribution in [0.2, 0.25) is 5.02 Å². The second-order valence-corrected chi connectivity index (χ2v) is 8.30. The van der Waals surface area contributed by atoms with Gasteiger partial charge in [-0.15, -0.1) is 0 Å². The molecule has 4 N–H and O–H groups in total. The zero-order valence-electron chi connectivity index (χ0n) is 19.0.